The van der Waals surface area contributed by atoms with Crippen molar-refractivity contribution in [3.05, 3.63) is 0 Å². The molecule has 1 heterocycles. The van der Waals surface area contributed by atoms with Crippen LogP contribution in [0.15, 0.2) is 0 Å². The van der Waals surface area contributed by atoms with Crippen LogP contribution in [0.2, 0.25) is 0 Å². The van der Waals surface area contributed by atoms with E-state index in [1.807, 2.05) is 11.2 Å². The second-order valence-corrected chi connectivity index (χ2v) is 7.40. The van der Waals surface area contributed by atoms with Gasteiger partial charge in [-0.15, -0.1) is 0 Å². The van der Waals surface area contributed by atoms with E-state index < -0.39 is 5.54 Å². The molecule has 5 heteroatoms. The summed E-state index contributed by atoms with van der Waals surface area (Å²) in [5, 5.41) is 3.05. The van der Waals surface area contributed by atoms with Crippen molar-refractivity contribution in [2.24, 2.45) is 5.92 Å². The number of carbonyl (C=O) groups excluding carboxylic acids is 2. The van der Waals surface area contributed by atoms with E-state index in [4.69, 9.17) is 0 Å². The zero-order valence-corrected chi connectivity index (χ0v) is 14.3. The van der Waals surface area contributed by atoms with Crippen LogP contribution in [0.25, 0.3) is 0 Å². The summed E-state index contributed by atoms with van der Waals surface area (Å²) in [6, 6.07) is -0.336. The summed E-state index contributed by atoms with van der Waals surface area (Å²) in [7, 11) is 0. The predicted octanol–water partition coefficient (Wildman–Crippen LogP) is 2.43. The first-order chi connectivity index (χ1) is 10.1. The lowest BCUT2D eigenvalue weighted by atomic mass is 9.76. The fourth-order valence-electron chi connectivity index (χ4n) is 3.60. The van der Waals surface area contributed by atoms with Gasteiger partial charge in [0.15, 0.2) is 0 Å². The van der Waals surface area contributed by atoms with Gasteiger partial charge in [-0.3, -0.25) is 9.59 Å². The molecule has 0 radical (unpaired) electrons. The topological polar surface area (TPSA) is 49.4 Å². The Bertz CT molecular complexity index is 394. The van der Waals surface area contributed by atoms with Gasteiger partial charge in [0.25, 0.3) is 0 Å². The molecule has 0 bridgehead atoms. The summed E-state index contributed by atoms with van der Waals surface area (Å²) < 4.78 is 0. The third-order valence-corrected chi connectivity index (χ3v) is 5.76. The number of carbonyl (C=O) groups is 2. The quantitative estimate of drug-likeness (QED) is 0.848. The number of hydrogen-bond donors (Lipinski definition) is 1. The van der Waals surface area contributed by atoms with Gasteiger partial charge in [0, 0.05) is 12.3 Å². The lowest BCUT2D eigenvalue weighted by Gasteiger charge is -2.51. The third kappa shape index (κ3) is 3.08. The van der Waals surface area contributed by atoms with Crippen molar-refractivity contribution >= 4 is 23.6 Å². The van der Waals surface area contributed by atoms with Crippen molar-refractivity contribution in [3.8, 4) is 0 Å². The van der Waals surface area contributed by atoms with E-state index in [-0.39, 0.29) is 23.8 Å². The lowest BCUT2D eigenvalue weighted by molar-refractivity contribution is -0.161. The molecule has 0 aromatic carbocycles. The highest BCUT2D eigenvalue weighted by atomic mass is 32.2. The predicted molar refractivity (Wildman–Crippen MR) is 87.3 cm³/mol. The van der Waals surface area contributed by atoms with Crippen molar-refractivity contribution in [3.63, 3.8) is 0 Å². The first kappa shape index (κ1) is 16.7. The van der Waals surface area contributed by atoms with Gasteiger partial charge in [-0.2, -0.15) is 11.8 Å². The zero-order valence-electron chi connectivity index (χ0n) is 13.5. The highest BCUT2D eigenvalue weighted by Gasteiger charge is 2.52. The molecule has 1 saturated heterocycles. The molecule has 21 heavy (non-hydrogen) atoms. The van der Waals surface area contributed by atoms with Gasteiger partial charge in [0.2, 0.25) is 11.8 Å². The standard InChI is InChI=1S/C16H28N2O2S/c1-4-12(2)13-14(19)18(10-11-21-3)16(15(20)17-13)8-6-5-7-9-16/h12-13H,4-11H2,1-3H3,(H,17,20). The largest absolute Gasteiger partial charge is 0.342 e. The number of hydrogen-bond acceptors (Lipinski definition) is 3. The molecule has 4 nitrogen and oxygen atoms in total. The number of piperazine rings is 1. The van der Waals surface area contributed by atoms with Crippen LogP contribution in [-0.4, -0.2) is 46.8 Å². The summed E-state index contributed by atoms with van der Waals surface area (Å²) in [6.07, 6.45) is 7.87. The Morgan fingerprint density at radius 1 is 1.33 bits per heavy atom. The van der Waals surface area contributed by atoms with Crippen LogP contribution in [0.1, 0.15) is 52.4 Å². The number of nitrogens with zero attached hydrogens (tertiary/aromatic N) is 1. The fraction of sp³-hybridized carbons (Fsp3) is 0.875. The molecule has 2 amide bonds. The van der Waals surface area contributed by atoms with Gasteiger partial charge in [0.1, 0.15) is 11.6 Å². The zero-order chi connectivity index (χ0) is 15.5. The molecule has 1 spiro atoms. The van der Waals surface area contributed by atoms with E-state index >= 15 is 0 Å². The van der Waals surface area contributed by atoms with E-state index in [0.717, 1.165) is 37.9 Å². The van der Waals surface area contributed by atoms with Crippen LogP contribution in [-0.2, 0) is 9.59 Å². The molecular formula is C16H28N2O2S. The average molecular weight is 312 g/mol. The highest BCUT2D eigenvalue weighted by molar-refractivity contribution is 7.98. The van der Waals surface area contributed by atoms with Gasteiger partial charge in [-0.1, -0.05) is 39.5 Å². The molecule has 0 aromatic rings. The smallest absolute Gasteiger partial charge is 0.246 e. The minimum Gasteiger partial charge on any atom is -0.342 e. The molecule has 2 unspecified atom stereocenters. The molecule has 2 atom stereocenters. The maximum absolute atomic E-state index is 13.0. The van der Waals surface area contributed by atoms with E-state index in [9.17, 15) is 9.59 Å². The normalized spacial score (nSPS) is 26.8. The van der Waals surface area contributed by atoms with Crippen LogP contribution < -0.4 is 5.32 Å². The van der Waals surface area contributed by atoms with Crippen LogP contribution in [0, 0.1) is 5.92 Å². The maximum Gasteiger partial charge on any atom is 0.246 e. The van der Waals surface area contributed by atoms with Crippen molar-refractivity contribution in [2.75, 3.05) is 18.6 Å². The van der Waals surface area contributed by atoms with Crippen LogP contribution in [0.3, 0.4) is 0 Å². The van der Waals surface area contributed by atoms with Crippen molar-refractivity contribution in [1.29, 1.82) is 0 Å². The third-order valence-electron chi connectivity index (χ3n) is 5.17. The van der Waals surface area contributed by atoms with Crippen LogP contribution >= 0.6 is 11.8 Å². The average Bonchev–Trinajstić information content (AvgIpc) is 2.51. The monoisotopic (exact) mass is 312 g/mol. The maximum atomic E-state index is 13.0. The minimum atomic E-state index is -0.560. The molecule has 120 valence electrons. The summed E-state index contributed by atoms with van der Waals surface area (Å²) in [5.74, 6) is 1.32. The molecule has 2 fully saturated rings. The van der Waals surface area contributed by atoms with Crippen LogP contribution in [0.4, 0.5) is 0 Å². The minimum absolute atomic E-state index is 0.0909. The molecule has 1 N–H and O–H groups in total. The first-order valence-electron chi connectivity index (χ1n) is 8.18. The molecule has 0 aromatic heterocycles. The second-order valence-electron chi connectivity index (χ2n) is 6.41. The molecule has 2 aliphatic rings. The SMILES string of the molecule is CCC(C)C1NC(=O)C2(CCCCC2)N(CCSC)C1=O. The molecular weight excluding hydrogens is 284 g/mol. The van der Waals surface area contributed by atoms with Crippen molar-refractivity contribution < 1.29 is 9.59 Å². The Labute approximate surface area is 132 Å². The highest BCUT2D eigenvalue weighted by Crippen LogP contribution is 2.37. The van der Waals surface area contributed by atoms with E-state index in [1.165, 1.54) is 6.42 Å². The Balaban J connectivity index is 2.28. The van der Waals surface area contributed by atoms with Gasteiger partial charge >= 0.3 is 0 Å². The Hall–Kier alpha value is -0.710. The van der Waals surface area contributed by atoms with Crippen molar-refractivity contribution in [2.45, 2.75) is 64.0 Å². The lowest BCUT2D eigenvalue weighted by Crippen LogP contribution is -2.72. The summed E-state index contributed by atoms with van der Waals surface area (Å²) >= 11 is 1.74. The van der Waals surface area contributed by atoms with Gasteiger partial charge in [-0.25, -0.2) is 0 Å². The van der Waals surface area contributed by atoms with E-state index in [1.54, 1.807) is 11.8 Å². The van der Waals surface area contributed by atoms with Crippen molar-refractivity contribution in [1.82, 2.24) is 10.2 Å². The first-order valence-corrected chi connectivity index (χ1v) is 9.57. The van der Waals surface area contributed by atoms with Crippen LogP contribution in [0.5, 0.6) is 0 Å². The Morgan fingerprint density at radius 3 is 2.57 bits per heavy atom. The van der Waals surface area contributed by atoms with E-state index in [0.29, 0.717) is 6.54 Å². The Morgan fingerprint density at radius 2 is 2.00 bits per heavy atom. The molecule has 2 rings (SSSR count). The molecule has 1 aliphatic carbocycles. The Kier molecular flexibility index (Phi) is 5.58. The number of rotatable bonds is 5. The summed E-state index contributed by atoms with van der Waals surface area (Å²) in [6.45, 7) is 4.82. The summed E-state index contributed by atoms with van der Waals surface area (Å²) in [4.78, 5) is 27.7. The number of thioether (sulfide) groups is 1. The number of amides is 2. The number of nitrogens with one attached hydrogen (secondary N) is 1. The fourth-order valence-corrected chi connectivity index (χ4v) is 3.97. The summed E-state index contributed by atoms with van der Waals surface area (Å²) in [5.41, 5.74) is -0.560. The van der Waals surface area contributed by atoms with Gasteiger partial charge in [-0.05, 0) is 25.0 Å². The van der Waals surface area contributed by atoms with E-state index in [2.05, 4.69) is 19.2 Å². The molecule has 1 aliphatic heterocycles. The van der Waals surface area contributed by atoms with Gasteiger partial charge in [0.05, 0.1) is 0 Å². The van der Waals surface area contributed by atoms with Gasteiger partial charge < -0.3 is 10.2 Å². The molecule has 1 saturated carbocycles. The second kappa shape index (κ2) is 7.03.